The number of carbonyl (C=O) groups excluding carboxylic acids is 1. The van der Waals surface area contributed by atoms with Crippen molar-refractivity contribution >= 4 is 17.4 Å². The van der Waals surface area contributed by atoms with Crippen LogP contribution in [0.3, 0.4) is 0 Å². The van der Waals surface area contributed by atoms with E-state index in [-0.39, 0.29) is 22.8 Å². The minimum atomic E-state index is 0. The van der Waals surface area contributed by atoms with Gasteiger partial charge in [-0.2, -0.15) is 4.57 Å². The van der Waals surface area contributed by atoms with Crippen molar-refractivity contribution in [2.24, 2.45) is 0 Å². The molecule has 1 aromatic rings. The first-order valence-electron chi connectivity index (χ1n) is 3.33. The van der Waals surface area contributed by atoms with Gasteiger partial charge in [0.05, 0.1) is 0 Å². The van der Waals surface area contributed by atoms with E-state index < -0.39 is 0 Å². The lowest BCUT2D eigenvalue weighted by Crippen LogP contribution is -3.00. The summed E-state index contributed by atoms with van der Waals surface area (Å²) in [5.74, 6) is 0.100. The number of hydrogen-bond donors (Lipinski definition) is 0. The van der Waals surface area contributed by atoms with Crippen LogP contribution in [0.25, 0.3) is 0 Å². The molecule has 0 fully saturated rings. The van der Waals surface area contributed by atoms with E-state index in [2.05, 4.69) is 0 Å². The van der Waals surface area contributed by atoms with E-state index in [0.717, 1.165) is 0 Å². The quantitative estimate of drug-likeness (QED) is 0.449. The van der Waals surface area contributed by atoms with E-state index in [9.17, 15) is 4.79 Å². The molecule has 0 saturated heterocycles. The second-order valence-electron chi connectivity index (χ2n) is 2.35. The van der Waals surface area contributed by atoms with Crippen LogP contribution in [0.15, 0.2) is 24.4 Å². The van der Waals surface area contributed by atoms with Crippen molar-refractivity contribution in [1.82, 2.24) is 0 Å². The normalized spacial score (nSPS) is 8.83. The molecule has 66 valence electrons. The first kappa shape index (κ1) is 11.6. The van der Waals surface area contributed by atoms with Crippen molar-refractivity contribution < 1.29 is 26.3 Å². The Bertz CT molecular complexity index is 278. The number of carbonyl (C=O) groups is 1. The van der Waals surface area contributed by atoms with Gasteiger partial charge in [-0.3, -0.25) is 4.79 Å². The Morgan fingerprint density at radius 1 is 1.58 bits per heavy atom. The number of rotatable bonds is 2. The molecule has 0 spiro atoms. The molecule has 0 saturated carbocycles. The predicted octanol–water partition coefficient (Wildman–Crippen LogP) is -1.78. The minimum Gasteiger partial charge on any atom is -1.00 e. The average molecular weight is 251 g/mol. The number of Topliss-reactive ketones (excluding diaryl/α,β-unsaturated/α-hetero) is 1. The molecule has 0 atom stereocenters. The Hall–Kier alpha value is -0.410. The summed E-state index contributed by atoms with van der Waals surface area (Å²) in [4.78, 5) is 10.7. The fourth-order valence-corrected chi connectivity index (χ4v) is 1.01. The highest BCUT2D eigenvalue weighted by Crippen LogP contribution is 1.97. The van der Waals surface area contributed by atoms with Gasteiger partial charge in [-0.05, 0) is 17.7 Å². The zero-order valence-electron chi connectivity index (χ0n) is 6.63. The van der Waals surface area contributed by atoms with E-state index in [4.69, 9.17) is 11.6 Å². The number of aromatic nitrogens is 1. The fourth-order valence-electron chi connectivity index (χ4n) is 0.824. The Balaban J connectivity index is 0.00000121. The van der Waals surface area contributed by atoms with Crippen LogP contribution in [0, 0.1) is 0 Å². The number of pyridine rings is 1. The highest BCUT2D eigenvalue weighted by atomic mass is 79.9. The van der Waals surface area contributed by atoms with Crippen LogP contribution in [0.1, 0.15) is 6.92 Å². The third-order valence-electron chi connectivity index (χ3n) is 1.28. The summed E-state index contributed by atoms with van der Waals surface area (Å²) in [6, 6.07) is 5.43. The van der Waals surface area contributed by atoms with Gasteiger partial charge in [-0.15, -0.1) is 0 Å². The third-order valence-corrected chi connectivity index (χ3v) is 1.62. The zero-order valence-corrected chi connectivity index (χ0v) is 8.97. The number of halogens is 2. The molecule has 0 bridgehead atoms. The molecule has 1 aromatic heterocycles. The molecule has 2 nitrogen and oxygen atoms in total. The molecule has 0 aliphatic carbocycles. The molecular formula is C8H9BrClNO. The second kappa shape index (κ2) is 5.27. The van der Waals surface area contributed by atoms with Gasteiger partial charge in [-0.25, -0.2) is 0 Å². The highest BCUT2D eigenvalue weighted by Gasteiger charge is 2.07. The maximum atomic E-state index is 10.7. The minimum absolute atomic E-state index is 0. The molecular weight excluding hydrogens is 241 g/mol. The largest absolute Gasteiger partial charge is 1.00 e. The summed E-state index contributed by atoms with van der Waals surface area (Å²) in [7, 11) is 0. The smallest absolute Gasteiger partial charge is 0.275 e. The van der Waals surface area contributed by atoms with E-state index in [1.165, 1.54) is 6.92 Å². The zero-order chi connectivity index (χ0) is 8.27. The van der Waals surface area contributed by atoms with Gasteiger partial charge in [0.25, 0.3) is 5.15 Å². The SMILES string of the molecule is CC(=O)C[n+]1ccccc1Cl.[Br-]. The maximum absolute atomic E-state index is 10.7. The summed E-state index contributed by atoms with van der Waals surface area (Å²) in [5.41, 5.74) is 0. The van der Waals surface area contributed by atoms with Crippen molar-refractivity contribution in [1.29, 1.82) is 0 Å². The summed E-state index contributed by atoms with van der Waals surface area (Å²) in [6.45, 7) is 1.88. The molecule has 1 heterocycles. The van der Waals surface area contributed by atoms with E-state index in [1.807, 2.05) is 12.1 Å². The van der Waals surface area contributed by atoms with Gasteiger partial charge < -0.3 is 17.0 Å². The van der Waals surface area contributed by atoms with Crippen LogP contribution >= 0.6 is 11.6 Å². The van der Waals surface area contributed by atoms with Crippen LogP contribution in [-0.4, -0.2) is 5.78 Å². The molecule has 0 N–H and O–H groups in total. The molecule has 1 rings (SSSR count). The Morgan fingerprint density at radius 2 is 2.25 bits per heavy atom. The number of ketones is 1. The van der Waals surface area contributed by atoms with Gasteiger partial charge >= 0.3 is 0 Å². The summed E-state index contributed by atoms with van der Waals surface area (Å²) >= 11 is 5.78. The Labute approximate surface area is 86.9 Å². The predicted molar refractivity (Wildman–Crippen MR) is 42.3 cm³/mol. The molecule has 0 aliphatic rings. The maximum Gasteiger partial charge on any atom is 0.275 e. The first-order valence-corrected chi connectivity index (χ1v) is 3.71. The number of hydrogen-bond acceptors (Lipinski definition) is 1. The van der Waals surface area contributed by atoms with Crippen molar-refractivity contribution in [3.63, 3.8) is 0 Å². The third kappa shape index (κ3) is 3.32. The van der Waals surface area contributed by atoms with Gasteiger partial charge in [-0.1, -0.05) is 0 Å². The lowest BCUT2D eigenvalue weighted by Gasteiger charge is -1.93. The first-order chi connectivity index (χ1) is 5.20. The lowest BCUT2D eigenvalue weighted by molar-refractivity contribution is -0.682. The van der Waals surface area contributed by atoms with Crippen LogP contribution in [0.4, 0.5) is 0 Å². The van der Waals surface area contributed by atoms with Crippen molar-refractivity contribution in [2.45, 2.75) is 13.5 Å². The molecule has 0 aromatic carbocycles. The Kier molecular flexibility index (Phi) is 5.09. The summed E-state index contributed by atoms with van der Waals surface area (Å²) < 4.78 is 1.70. The van der Waals surface area contributed by atoms with Crippen LogP contribution in [0.5, 0.6) is 0 Å². The summed E-state index contributed by atoms with van der Waals surface area (Å²) in [6.07, 6.45) is 1.78. The molecule has 0 amide bonds. The summed E-state index contributed by atoms with van der Waals surface area (Å²) in [5, 5.41) is 0.586. The van der Waals surface area contributed by atoms with Gasteiger partial charge in [0.15, 0.2) is 12.0 Å². The van der Waals surface area contributed by atoms with Gasteiger partial charge in [0.2, 0.25) is 6.54 Å². The van der Waals surface area contributed by atoms with Gasteiger partial charge in [0.1, 0.15) is 0 Å². The second-order valence-corrected chi connectivity index (χ2v) is 2.74. The van der Waals surface area contributed by atoms with Crippen molar-refractivity contribution in [3.8, 4) is 0 Å². The molecule has 0 unspecified atom stereocenters. The highest BCUT2D eigenvalue weighted by molar-refractivity contribution is 6.28. The molecule has 0 aliphatic heterocycles. The monoisotopic (exact) mass is 249 g/mol. The standard InChI is InChI=1S/C8H9ClNO.BrH/c1-7(11)6-10-5-3-2-4-8(10)9;/h2-5H,6H2,1H3;1H/q+1;/p-1. The average Bonchev–Trinajstić information content (AvgIpc) is 1.93. The van der Waals surface area contributed by atoms with E-state index >= 15 is 0 Å². The van der Waals surface area contributed by atoms with Crippen molar-refractivity contribution in [3.05, 3.63) is 29.5 Å². The van der Waals surface area contributed by atoms with E-state index in [1.54, 1.807) is 16.8 Å². The fraction of sp³-hybridized carbons (Fsp3) is 0.250. The van der Waals surface area contributed by atoms with E-state index in [0.29, 0.717) is 11.7 Å². The van der Waals surface area contributed by atoms with Crippen LogP contribution < -0.4 is 21.5 Å². The van der Waals surface area contributed by atoms with Crippen molar-refractivity contribution in [2.75, 3.05) is 0 Å². The van der Waals surface area contributed by atoms with Crippen LogP contribution in [0.2, 0.25) is 5.15 Å². The molecule has 12 heavy (non-hydrogen) atoms. The van der Waals surface area contributed by atoms with Crippen LogP contribution in [-0.2, 0) is 11.3 Å². The topological polar surface area (TPSA) is 20.9 Å². The molecule has 4 heteroatoms. The lowest BCUT2D eigenvalue weighted by atomic mass is 10.4. The van der Waals surface area contributed by atoms with Gasteiger partial charge in [0, 0.05) is 19.1 Å². The molecule has 0 radical (unpaired) electrons. The number of nitrogens with zero attached hydrogens (tertiary/aromatic N) is 1. The Morgan fingerprint density at radius 3 is 2.75 bits per heavy atom.